The summed E-state index contributed by atoms with van der Waals surface area (Å²) in [5, 5.41) is 0.581. The van der Waals surface area contributed by atoms with Crippen molar-refractivity contribution >= 4 is 16.7 Å². The summed E-state index contributed by atoms with van der Waals surface area (Å²) in [5.41, 5.74) is 6.48. The van der Waals surface area contributed by atoms with Crippen LogP contribution in [0, 0.1) is 13.8 Å². The van der Waals surface area contributed by atoms with Crippen molar-refractivity contribution in [3.8, 4) is 16.9 Å². The summed E-state index contributed by atoms with van der Waals surface area (Å²) in [6.07, 6.45) is 1.57. The Morgan fingerprint density at radius 2 is 1.66 bits per heavy atom. The minimum atomic E-state index is -0.0237. The Bertz CT molecular complexity index is 1250. The van der Waals surface area contributed by atoms with Gasteiger partial charge in [-0.25, -0.2) is 0 Å². The van der Waals surface area contributed by atoms with Gasteiger partial charge in [0.2, 0.25) is 5.43 Å². The Morgan fingerprint density at radius 3 is 2.41 bits per heavy atom. The quantitative estimate of drug-likeness (QED) is 0.463. The van der Waals surface area contributed by atoms with Gasteiger partial charge in [-0.3, -0.25) is 4.79 Å². The van der Waals surface area contributed by atoms with Crippen molar-refractivity contribution in [2.45, 2.75) is 20.4 Å². The fraction of sp³-hybridized carbons (Fsp3) is 0.160. The molecule has 0 N–H and O–H groups in total. The van der Waals surface area contributed by atoms with Gasteiger partial charge in [-0.1, -0.05) is 48.5 Å². The monoisotopic (exact) mass is 383 g/mol. The van der Waals surface area contributed by atoms with Crippen LogP contribution in [0.1, 0.15) is 16.7 Å². The van der Waals surface area contributed by atoms with Gasteiger partial charge in [-0.2, -0.15) is 0 Å². The summed E-state index contributed by atoms with van der Waals surface area (Å²) in [4.78, 5) is 15.4. The number of hydrogen-bond donors (Lipinski definition) is 0. The Kier molecular flexibility index (Phi) is 4.13. The molecule has 4 nitrogen and oxygen atoms in total. The summed E-state index contributed by atoms with van der Waals surface area (Å²) >= 11 is 0. The zero-order valence-electron chi connectivity index (χ0n) is 16.4. The maximum atomic E-state index is 13.2. The summed E-state index contributed by atoms with van der Waals surface area (Å²) in [5.74, 6) is 0.774. The molecule has 0 radical (unpaired) electrons. The van der Waals surface area contributed by atoms with Crippen LogP contribution in [0.25, 0.3) is 22.1 Å². The first kappa shape index (κ1) is 17.6. The zero-order valence-corrected chi connectivity index (χ0v) is 16.4. The molecule has 0 spiro atoms. The third-order valence-corrected chi connectivity index (χ3v) is 5.57. The maximum Gasteiger partial charge on any atom is 0.200 e. The van der Waals surface area contributed by atoms with Crippen molar-refractivity contribution in [3.63, 3.8) is 0 Å². The van der Waals surface area contributed by atoms with E-state index in [4.69, 9.17) is 9.15 Å². The number of aryl methyl sites for hydroxylation is 2. The Balaban J connectivity index is 1.63. The lowest BCUT2D eigenvalue weighted by Gasteiger charge is -2.33. The van der Waals surface area contributed by atoms with Gasteiger partial charge >= 0.3 is 0 Å². The fourth-order valence-electron chi connectivity index (χ4n) is 4.17. The van der Waals surface area contributed by atoms with Crippen molar-refractivity contribution in [1.82, 2.24) is 0 Å². The van der Waals surface area contributed by atoms with Crippen LogP contribution in [-0.2, 0) is 6.54 Å². The average Bonchev–Trinajstić information content (AvgIpc) is 2.74. The van der Waals surface area contributed by atoms with E-state index < -0.39 is 0 Å². The molecule has 0 saturated carbocycles. The van der Waals surface area contributed by atoms with Gasteiger partial charge in [0.25, 0.3) is 0 Å². The highest BCUT2D eigenvalue weighted by Crippen LogP contribution is 2.36. The van der Waals surface area contributed by atoms with Gasteiger partial charge < -0.3 is 14.1 Å². The van der Waals surface area contributed by atoms with Crippen molar-refractivity contribution in [2.24, 2.45) is 0 Å². The van der Waals surface area contributed by atoms with Crippen LogP contribution in [0.4, 0.5) is 5.69 Å². The van der Waals surface area contributed by atoms with E-state index in [1.807, 2.05) is 36.4 Å². The van der Waals surface area contributed by atoms with Crippen LogP contribution in [0.3, 0.4) is 0 Å². The Hall–Kier alpha value is -3.53. The molecule has 0 saturated heterocycles. The normalized spacial score (nSPS) is 13.2. The predicted octanol–water partition coefficient (Wildman–Crippen LogP) is 5.43. The molecule has 0 amide bonds. The van der Waals surface area contributed by atoms with Crippen LogP contribution in [-0.4, -0.2) is 6.73 Å². The number of anilines is 1. The van der Waals surface area contributed by atoms with Gasteiger partial charge in [0.15, 0.2) is 6.73 Å². The predicted molar refractivity (Wildman–Crippen MR) is 116 cm³/mol. The van der Waals surface area contributed by atoms with Crippen LogP contribution < -0.4 is 15.1 Å². The molecule has 0 unspecified atom stereocenters. The summed E-state index contributed by atoms with van der Waals surface area (Å²) < 4.78 is 12.0. The molecular weight excluding hydrogens is 362 g/mol. The molecule has 4 aromatic rings. The highest BCUT2D eigenvalue weighted by atomic mass is 16.5. The lowest BCUT2D eigenvalue weighted by atomic mass is 10.0. The number of hydrogen-bond acceptors (Lipinski definition) is 4. The molecule has 0 bridgehead atoms. The Morgan fingerprint density at radius 1 is 0.897 bits per heavy atom. The molecule has 4 heteroatoms. The third kappa shape index (κ3) is 2.88. The standard InChI is InChI=1S/C25H21NO3/c1-16-7-6-8-17(2)23(16)26-13-20-22(29-15-26)12-11-19-24(27)21(14-28-25(19)20)18-9-4-3-5-10-18/h3-12,14H,13,15H2,1-2H3. The summed E-state index contributed by atoms with van der Waals surface area (Å²) in [6.45, 7) is 5.31. The number of ether oxygens (including phenoxy) is 1. The molecule has 144 valence electrons. The average molecular weight is 383 g/mol. The van der Waals surface area contributed by atoms with Crippen molar-refractivity contribution in [2.75, 3.05) is 11.6 Å². The third-order valence-electron chi connectivity index (χ3n) is 5.57. The van der Waals surface area contributed by atoms with E-state index in [0.717, 1.165) is 16.9 Å². The number of para-hydroxylation sites is 1. The first-order valence-electron chi connectivity index (χ1n) is 9.70. The molecular formula is C25H21NO3. The smallest absolute Gasteiger partial charge is 0.200 e. The highest BCUT2D eigenvalue weighted by Gasteiger charge is 2.24. The second-order valence-corrected chi connectivity index (χ2v) is 7.48. The Labute approximate surface area is 169 Å². The van der Waals surface area contributed by atoms with E-state index in [-0.39, 0.29) is 5.43 Å². The number of fused-ring (bicyclic) bond motifs is 3. The molecule has 29 heavy (non-hydrogen) atoms. The van der Waals surface area contributed by atoms with Gasteiger partial charge in [0.05, 0.1) is 23.1 Å². The van der Waals surface area contributed by atoms with E-state index >= 15 is 0 Å². The highest BCUT2D eigenvalue weighted by molar-refractivity contribution is 5.86. The van der Waals surface area contributed by atoms with Crippen LogP contribution in [0.2, 0.25) is 0 Å². The number of rotatable bonds is 2. The van der Waals surface area contributed by atoms with Crippen molar-refractivity contribution in [3.05, 3.63) is 93.8 Å². The molecule has 2 heterocycles. The number of nitrogens with zero attached hydrogens (tertiary/aromatic N) is 1. The second-order valence-electron chi connectivity index (χ2n) is 7.48. The molecule has 0 atom stereocenters. The van der Waals surface area contributed by atoms with E-state index in [2.05, 4.69) is 36.9 Å². The fourth-order valence-corrected chi connectivity index (χ4v) is 4.17. The molecule has 0 fully saturated rings. The maximum absolute atomic E-state index is 13.2. The largest absolute Gasteiger partial charge is 0.473 e. The van der Waals surface area contributed by atoms with E-state index in [0.29, 0.717) is 29.8 Å². The van der Waals surface area contributed by atoms with Gasteiger partial charge in [-0.05, 0) is 42.7 Å². The molecule has 1 aliphatic heterocycles. The van der Waals surface area contributed by atoms with Crippen LogP contribution in [0.5, 0.6) is 5.75 Å². The SMILES string of the molecule is Cc1cccc(C)c1N1COc2ccc3c(=O)c(-c4ccccc4)coc3c2C1. The van der Waals surface area contributed by atoms with Gasteiger partial charge in [0.1, 0.15) is 17.6 Å². The molecule has 1 aromatic heterocycles. The van der Waals surface area contributed by atoms with Gasteiger partial charge in [0, 0.05) is 5.69 Å². The number of benzene rings is 3. The van der Waals surface area contributed by atoms with E-state index in [1.165, 1.54) is 16.8 Å². The first-order chi connectivity index (χ1) is 14.1. The van der Waals surface area contributed by atoms with Gasteiger partial charge in [-0.15, -0.1) is 0 Å². The van der Waals surface area contributed by atoms with Crippen LogP contribution >= 0.6 is 0 Å². The molecule has 3 aromatic carbocycles. The molecule has 5 rings (SSSR count). The summed E-state index contributed by atoms with van der Waals surface area (Å²) in [7, 11) is 0. The van der Waals surface area contributed by atoms with Crippen molar-refractivity contribution < 1.29 is 9.15 Å². The molecule has 0 aliphatic carbocycles. The topological polar surface area (TPSA) is 42.7 Å². The molecule has 1 aliphatic rings. The zero-order chi connectivity index (χ0) is 20.0. The second kappa shape index (κ2) is 6.82. The minimum Gasteiger partial charge on any atom is -0.473 e. The van der Waals surface area contributed by atoms with E-state index in [1.54, 1.807) is 12.3 Å². The van der Waals surface area contributed by atoms with Crippen molar-refractivity contribution in [1.29, 1.82) is 0 Å². The summed E-state index contributed by atoms with van der Waals surface area (Å²) in [6, 6.07) is 19.6. The van der Waals surface area contributed by atoms with E-state index in [9.17, 15) is 4.79 Å². The first-order valence-corrected chi connectivity index (χ1v) is 9.70. The lowest BCUT2D eigenvalue weighted by molar-refractivity contribution is 0.289. The minimum absolute atomic E-state index is 0.0237. The van der Waals surface area contributed by atoms with Crippen LogP contribution in [0.15, 0.2) is 76.1 Å². The lowest BCUT2D eigenvalue weighted by Crippen LogP contribution is -2.33.